The van der Waals surface area contributed by atoms with Crippen molar-refractivity contribution < 1.29 is 9.47 Å². The Morgan fingerprint density at radius 1 is 1.25 bits per heavy atom. The molecule has 0 unspecified atom stereocenters. The Labute approximate surface area is 95.8 Å². The van der Waals surface area contributed by atoms with Crippen LogP contribution in [0.4, 0.5) is 0 Å². The first kappa shape index (κ1) is 12.3. The molecule has 0 aliphatic rings. The summed E-state index contributed by atoms with van der Waals surface area (Å²) < 4.78 is 10.3. The molecule has 0 heterocycles. The van der Waals surface area contributed by atoms with Crippen molar-refractivity contribution in [2.75, 3.05) is 20.8 Å². The van der Waals surface area contributed by atoms with E-state index in [-0.39, 0.29) is 0 Å². The largest absolute Gasteiger partial charge is 0.493 e. The smallest absolute Gasteiger partial charge is 0.161 e. The molecule has 4 nitrogen and oxygen atoms in total. The van der Waals surface area contributed by atoms with Gasteiger partial charge in [0, 0.05) is 19.5 Å². The Bertz CT molecular complexity index is 372. The van der Waals surface area contributed by atoms with Crippen LogP contribution in [0.3, 0.4) is 0 Å². The molecule has 0 saturated carbocycles. The lowest BCUT2D eigenvalue weighted by Gasteiger charge is -2.09. The molecule has 0 bridgehead atoms. The monoisotopic (exact) mass is 220 g/mol. The van der Waals surface area contributed by atoms with Crippen LogP contribution in [0, 0.1) is 11.3 Å². The van der Waals surface area contributed by atoms with E-state index in [1.807, 2.05) is 18.2 Å². The summed E-state index contributed by atoms with van der Waals surface area (Å²) in [7, 11) is 3.23. The van der Waals surface area contributed by atoms with E-state index in [1.165, 1.54) is 0 Å². The average Bonchev–Trinajstić information content (AvgIpc) is 2.34. The van der Waals surface area contributed by atoms with Crippen LogP contribution in [0.1, 0.15) is 12.0 Å². The van der Waals surface area contributed by atoms with Gasteiger partial charge in [-0.05, 0) is 17.7 Å². The van der Waals surface area contributed by atoms with Crippen molar-refractivity contribution in [2.24, 2.45) is 0 Å². The van der Waals surface area contributed by atoms with Gasteiger partial charge in [0.15, 0.2) is 11.5 Å². The van der Waals surface area contributed by atoms with Gasteiger partial charge < -0.3 is 14.8 Å². The quantitative estimate of drug-likeness (QED) is 0.741. The number of methoxy groups -OCH3 is 2. The molecule has 0 radical (unpaired) electrons. The Balaban J connectivity index is 2.58. The van der Waals surface area contributed by atoms with Crippen LogP contribution in [-0.4, -0.2) is 20.8 Å². The van der Waals surface area contributed by atoms with Crippen molar-refractivity contribution in [2.45, 2.75) is 13.0 Å². The molecular formula is C12H16N2O2. The molecule has 16 heavy (non-hydrogen) atoms. The summed E-state index contributed by atoms with van der Waals surface area (Å²) in [6.45, 7) is 1.42. The van der Waals surface area contributed by atoms with Gasteiger partial charge in [0.05, 0.1) is 20.3 Å². The number of rotatable bonds is 6. The maximum absolute atomic E-state index is 8.39. The minimum absolute atomic E-state index is 0.521. The number of ether oxygens (including phenoxy) is 2. The van der Waals surface area contributed by atoms with Crippen LogP contribution in [0.5, 0.6) is 11.5 Å². The fourth-order valence-electron chi connectivity index (χ4n) is 1.37. The third kappa shape index (κ3) is 3.44. The maximum atomic E-state index is 8.39. The zero-order valence-electron chi connectivity index (χ0n) is 9.62. The minimum atomic E-state index is 0.521. The zero-order valence-corrected chi connectivity index (χ0v) is 9.62. The number of nitriles is 1. The molecule has 0 atom stereocenters. The van der Waals surface area contributed by atoms with E-state index in [9.17, 15) is 0 Å². The van der Waals surface area contributed by atoms with E-state index < -0.39 is 0 Å². The third-order valence-corrected chi connectivity index (χ3v) is 2.19. The van der Waals surface area contributed by atoms with Gasteiger partial charge >= 0.3 is 0 Å². The molecule has 1 aromatic rings. The van der Waals surface area contributed by atoms with Gasteiger partial charge in [0.2, 0.25) is 0 Å². The third-order valence-electron chi connectivity index (χ3n) is 2.19. The molecule has 1 rings (SSSR count). The van der Waals surface area contributed by atoms with Gasteiger partial charge in [-0.25, -0.2) is 0 Å². The normalized spacial score (nSPS) is 9.56. The molecule has 0 aliphatic heterocycles. The van der Waals surface area contributed by atoms with E-state index in [0.717, 1.165) is 23.6 Å². The van der Waals surface area contributed by atoms with Crippen LogP contribution in [0.2, 0.25) is 0 Å². The van der Waals surface area contributed by atoms with Crippen molar-refractivity contribution in [1.29, 1.82) is 5.26 Å². The summed E-state index contributed by atoms with van der Waals surface area (Å²) in [5, 5.41) is 11.6. The van der Waals surface area contributed by atoms with Crippen LogP contribution >= 0.6 is 0 Å². The lowest BCUT2D eigenvalue weighted by atomic mass is 10.2. The highest BCUT2D eigenvalue weighted by Gasteiger charge is 2.03. The minimum Gasteiger partial charge on any atom is -0.493 e. The van der Waals surface area contributed by atoms with Crippen LogP contribution < -0.4 is 14.8 Å². The Morgan fingerprint density at radius 3 is 2.62 bits per heavy atom. The summed E-state index contributed by atoms with van der Waals surface area (Å²) in [6.07, 6.45) is 0.521. The molecular weight excluding hydrogens is 204 g/mol. The summed E-state index contributed by atoms with van der Waals surface area (Å²) in [5.41, 5.74) is 1.11. The van der Waals surface area contributed by atoms with Gasteiger partial charge in [0.25, 0.3) is 0 Å². The lowest BCUT2D eigenvalue weighted by molar-refractivity contribution is 0.354. The molecule has 86 valence electrons. The van der Waals surface area contributed by atoms with Crippen LogP contribution in [-0.2, 0) is 6.54 Å². The topological polar surface area (TPSA) is 54.3 Å². The SMILES string of the molecule is COc1ccc(CNCCC#N)cc1OC. The first-order chi connectivity index (χ1) is 7.81. The first-order valence-electron chi connectivity index (χ1n) is 5.10. The molecule has 0 aliphatic carbocycles. The summed E-state index contributed by atoms with van der Waals surface area (Å²) in [6, 6.07) is 7.86. The Morgan fingerprint density at radius 2 is 2.00 bits per heavy atom. The van der Waals surface area contributed by atoms with Gasteiger partial charge in [0.1, 0.15) is 0 Å². The fraction of sp³-hybridized carbons (Fsp3) is 0.417. The number of nitrogens with zero attached hydrogens (tertiary/aromatic N) is 1. The predicted molar refractivity (Wildman–Crippen MR) is 61.5 cm³/mol. The molecule has 0 aromatic heterocycles. The van der Waals surface area contributed by atoms with Crippen molar-refractivity contribution in [3.05, 3.63) is 23.8 Å². The summed E-state index contributed by atoms with van der Waals surface area (Å²) in [5.74, 6) is 1.45. The van der Waals surface area contributed by atoms with E-state index in [2.05, 4.69) is 11.4 Å². The van der Waals surface area contributed by atoms with Crippen molar-refractivity contribution in [3.63, 3.8) is 0 Å². The molecule has 0 saturated heterocycles. The molecule has 0 fully saturated rings. The zero-order chi connectivity index (χ0) is 11.8. The second kappa shape index (κ2) is 6.70. The number of hydrogen-bond donors (Lipinski definition) is 1. The highest BCUT2D eigenvalue weighted by Crippen LogP contribution is 2.27. The van der Waals surface area contributed by atoms with Gasteiger partial charge in [-0.3, -0.25) is 0 Å². The second-order valence-corrected chi connectivity index (χ2v) is 3.27. The Kier molecular flexibility index (Phi) is 5.17. The van der Waals surface area contributed by atoms with E-state index in [0.29, 0.717) is 13.0 Å². The molecule has 0 amide bonds. The predicted octanol–water partition coefficient (Wildman–Crippen LogP) is 1.71. The highest BCUT2D eigenvalue weighted by molar-refractivity contribution is 5.42. The van der Waals surface area contributed by atoms with Gasteiger partial charge in [-0.15, -0.1) is 0 Å². The van der Waals surface area contributed by atoms with Crippen molar-refractivity contribution >= 4 is 0 Å². The first-order valence-corrected chi connectivity index (χ1v) is 5.10. The second-order valence-electron chi connectivity index (χ2n) is 3.27. The van der Waals surface area contributed by atoms with E-state index in [1.54, 1.807) is 14.2 Å². The van der Waals surface area contributed by atoms with Crippen LogP contribution in [0.25, 0.3) is 0 Å². The molecule has 4 heteroatoms. The standard InChI is InChI=1S/C12H16N2O2/c1-15-11-5-4-10(8-12(11)16-2)9-14-7-3-6-13/h4-5,8,14H,3,7,9H2,1-2H3. The maximum Gasteiger partial charge on any atom is 0.161 e. The molecule has 1 N–H and O–H groups in total. The number of benzene rings is 1. The lowest BCUT2D eigenvalue weighted by Crippen LogP contribution is -2.14. The molecule has 0 spiro atoms. The van der Waals surface area contributed by atoms with Crippen molar-refractivity contribution in [1.82, 2.24) is 5.32 Å². The summed E-state index contributed by atoms with van der Waals surface area (Å²) in [4.78, 5) is 0. The fourth-order valence-corrected chi connectivity index (χ4v) is 1.37. The summed E-state index contributed by atoms with van der Waals surface area (Å²) >= 11 is 0. The number of nitrogens with one attached hydrogen (secondary N) is 1. The Hall–Kier alpha value is -1.73. The van der Waals surface area contributed by atoms with E-state index >= 15 is 0 Å². The van der Waals surface area contributed by atoms with Gasteiger partial charge in [-0.1, -0.05) is 6.07 Å². The van der Waals surface area contributed by atoms with E-state index in [4.69, 9.17) is 14.7 Å². The van der Waals surface area contributed by atoms with Gasteiger partial charge in [-0.2, -0.15) is 5.26 Å². The molecule has 1 aromatic carbocycles. The average molecular weight is 220 g/mol. The number of hydrogen-bond acceptors (Lipinski definition) is 4. The van der Waals surface area contributed by atoms with Crippen molar-refractivity contribution in [3.8, 4) is 17.6 Å². The van der Waals surface area contributed by atoms with Crippen LogP contribution in [0.15, 0.2) is 18.2 Å². The highest BCUT2D eigenvalue weighted by atomic mass is 16.5.